The first-order chi connectivity index (χ1) is 13.0. The normalized spacial score (nSPS) is 17.4. The monoisotopic (exact) mass is 401 g/mol. The van der Waals surface area contributed by atoms with Crippen molar-refractivity contribution in [2.75, 3.05) is 29.9 Å². The van der Waals surface area contributed by atoms with Gasteiger partial charge in [0.1, 0.15) is 5.82 Å². The average molecular weight is 402 g/mol. The van der Waals surface area contributed by atoms with Crippen molar-refractivity contribution in [2.24, 2.45) is 0 Å². The zero-order valence-electron chi connectivity index (χ0n) is 15.1. The number of halogens is 1. The van der Waals surface area contributed by atoms with E-state index in [0.29, 0.717) is 29.8 Å². The molecule has 8 heteroatoms. The summed E-state index contributed by atoms with van der Waals surface area (Å²) >= 11 is 7.75. The van der Waals surface area contributed by atoms with Gasteiger partial charge in [-0.2, -0.15) is 0 Å². The average Bonchev–Trinajstić information content (AvgIpc) is 3.03. The van der Waals surface area contributed by atoms with E-state index in [-0.39, 0.29) is 12.1 Å². The van der Waals surface area contributed by atoms with E-state index < -0.39 is 0 Å². The molecule has 1 fully saturated rings. The van der Waals surface area contributed by atoms with Crippen LogP contribution in [-0.2, 0) is 0 Å². The van der Waals surface area contributed by atoms with Crippen molar-refractivity contribution in [3.05, 3.63) is 47.1 Å². The number of rotatable bonds is 2. The van der Waals surface area contributed by atoms with Crippen molar-refractivity contribution in [2.45, 2.75) is 19.9 Å². The van der Waals surface area contributed by atoms with Crippen LogP contribution in [0.4, 0.5) is 15.7 Å². The smallest absolute Gasteiger partial charge is 0.324 e. The first kappa shape index (κ1) is 18.0. The summed E-state index contributed by atoms with van der Waals surface area (Å²) in [4.78, 5) is 25.6. The van der Waals surface area contributed by atoms with Crippen LogP contribution in [0, 0.1) is 6.92 Å². The minimum Gasteiger partial charge on any atom is -0.352 e. The van der Waals surface area contributed by atoms with Crippen LogP contribution in [0.5, 0.6) is 0 Å². The molecule has 0 bridgehead atoms. The van der Waals surface area contributed by atoms with Gasteiger partial charge in [-0.3, -0.25) is 5.32 Å². The Labute approximate surface area is 166 Å². The van der Waals surface area contributed by atoms with Crippen LogP contribution < -0.4 is 10.2 Å². The first-order valence-corrected chi connectivity index (χ1v) is 10.0. The van der Waals surface area contributed by atoms with Crippen LogP contribution in [0.1, 0.15) is 12.5 Å². The number of carbonyl (C=O) groups excluding carboxylic acids is 1. The summed E-state index contributed by atoms with van der Waals surface area (Å²) in [7, 11) is 0. The number of benzene rings is 1. The van der Waals surface area contributed by atoms with E-state index in [9.17, 15) is 4.79 Å². The maximum Gasteiger partial charge on any atom is 0.324 e. The molecule has 27 heavy (non-hydrogen) atoms. The molecule has 0 spiro atoms. The molecule has 3 aromatic rings. The van der Waals surface area contributed by atoms with Crippen LogP contribution in [0.15, 0.2) is 36.5 Å². The van der Waals surface area contributed by atoms with Crippen LogP contribution in [0.25, 0.3) is 10.2 Å². The van der Waals surface area contributed by atoms with Gasteiger partial charge in [-0.15, -0.1) is 0 Å². The van der Waals surface area contributed by atoms with Gasteiger partial charge in [-0.05, 0) is 43.7 Å². The topological polar surface area (TPSA) is 61.4 Å². The highest BCUT2D eigenvalue weighted by Crippen LogP contribution is 2.28. The minimum absolute atomic E-state index is 0.0356. The number of nitrogens with one attached hydrogen (secondary N) is 1. The summed E-state index contributed by atoms with van der Waals surface area (Å²) in [5.74, 6) is 0.771. The van der Waals surface area contributed by atoms with Crippen molar-refractivity contribution in [1.29, 1.82) is 0 Å². The number of thiazole rings is 1. The highest BCUT2D eigenvalue weighted by Gasteiger charge is 2.29. The summed E-state index contributed by atoms with van der Waals surface area (Å²) in [6.45, 7) is 6.05. The van der Waals surface area contributed by atoms with Crippen molar-refractivity contribution < 1.29 is 4.79 Å². The highest BCUT2D eigenvalue weighted by atomic mass is 35.5. The second kappa shape index (κ2) is 7.32. The van der Waals surface area contributed by atoms with E-state index in [4.69, 9.17) is 11.6 Å². The van der Waals surface area contributed by atoms with Gasteiger partial charge >= 0.3 is 6.03 Å². The van der Waals surface area contributed by atoms with Gasteiger partial charge in [0, 0.05) is 31.9 Å². The highest BCUT2D eigenvalue weighted by molar-refractivity contribution is 7.22. The summed E-state index contributed by atoms with van der Waals surface area (Å²) in [5.41, 5.74) is 2.09. The SMILES string of the molecule is Cc1ccc2nc(NC(=O)N3CCN(c4ncccc4Cl)C[C@H]3C)sc2c1. The molecule has 0 unspecified atom stereocenters. The molecule has 0 radical (unpaired) electrons. The number of aryl methyl sites for hydroxylation is 1. The Balaban J connectivity index is 1.44. The molecule has 0 aliphatic carbocycles. The van der Waals surface area contributed by atoms with Gasteiger partial charge < -0.3 is 9.80 Å². The van der Waals surface area contributed by atoms with Gasteiger partial charge in [0.25, 0.3) is 0 Å². The van der Waals surface area contributed by atoms with Gasteiger partial charge in [-0.25, -0.2) is 14.8 Å². The molecule has 1 saturated heterocycles. The second-order valence-electron chi connectivity index (χ2n) is 6.72. The van der Waals surface area contributed by atoms with E-state index in [1.54, 1.807) is 6.20 Å². The van der Waals surface area contributed by atoms with Crippen LogP contribution in [0.2, 0.25) is 5.02 Å². The Morgan fingerprint density at radius 2 is 2.19 bits per heavy atom. The molecule has 1 aliphatic heterocycles. The largest absolute Gasteiger partial charge is 0.352 e. The first-order valence-electron chi connectivity index (χ1n) is 8.81. The summed E-state index contributed by atoms with van der Waals surface area (Å²) < 4.78 is 1.08. The molecule has 1 aromatic carbocycles. The molecule has 140 valence electrons. The number of urea groups is 1. The summed E-state index contributed by atoms with van der Waals surface area (Å²) in [6.07, 6.45) is 1.74. The number of hydrogen-bond donors (Lipinski definition) is 1. The van der Waals surface area contributed by atoms with Gasteiger partial charge in [0.15, 0.2) is 5.13 Å². The van der Waals surface area contributed by atoms with Gasteiger partial charge in [-0.1, -0.05) is 29.0 Å². The van der Waals surface area contributed by atoms with Crippen LogP contribution in [-0.4, -0.2) is 46.6 Å². The maximum atomic E-state index is 12.8. The molecule has 1 atom stereocenters. The van der Waals surface area contributed by atoms with Crippen LogP contribution in [0.3, 0.4) is 0 Å². The summed E-state index contributed by atoms with van der Waals surface area (Å²) in [6, 6.07) is 9.66. The van der Waals surface area contributed by atoms with E-state index in [1.807, 2.05) is 43.0 Å². The van der Waals surface area contributed by atoms with Crippen molar-refractivity contribution in [3.63, 3.8) is 0 Å². The molecule has 3 heterocycles. The number of aromatic nitrogens is 2. The molecule has 1 aliphatic rings. The third-order valence-electron chi connectivity index (χ3n) is 4.68. The van der Waals surface area contributed by atoms with Crippen molar-refractivity contribution in [3.8, 4) is 0 Å². The number of hydrogen-bond acceptors (Lipinski definition) is 5. The van der Waals surface area contributed by atoms with Crippen molar-refractivity contribution >= 4 is 50.1 Å². The molecule has 2 amide bonds. The second-order valence-corrected chi connectivity index (χ2v) is 8.16. The number of amides is 2. The lowest BCUT2D eigenvalue weighted by molar-refractivity contribution is 0.184. The zero-order valence-corrected chi connectivity index (χ0v) is 16.7. The Morgan fingerprint density at radius 1 is 1.33 bits per heavy atom. The lowest BCUT2D eigenvalue weighted by Gasteiger charge is -2.40. The lowest BCUT2D eigenvalue weighted by Crippen LogP contribution is -2.55. The lowest BCUT2D eigenvalue weighted by atomic mass is 10.2. The summed E-state index contributed by atoms with van der Waals surface area (Å²) in [5, 5.41) is 4.21. The number of fused-ring (bicyclic) bond motifs is 1. The van der Waals surface area contributed by atoms with E-state index >= 15 is 0 Å². The Morgan fingerprint density at radius 3 is 2.96 bits per heavy atom. The fourth-order valence-corrected chi connectivity index (χ4v) is 4.51. The molecular formula is C19H20ClN5OS. The third-order valence-corrected chi connectivity index (χ3v) is 5.91. The molecule has 2 aromatic heterocycles. The fourth-order valence-electron chi connectivity index (χ4n) is 3.31. The Kier molecular flexibility index (Phi) is 4.88. The Bertz CT molecular complexity index is 991. The molecule has 0 saturated carbocycles. The van der Waals surface area contributed by atoms with Crippen molar-refractivity contribution in [1.82, 2.24) is 14.9 Å². The predicted octanol–water partition coefficient (Wildman–Crippen LogP) is 4.40. The molecule has 4 rings (SSSR count). The van der Waals surface area contributed by atoms with E-state index in [0.717, 1.165) is 16.0 Å². The number of nitrogens with zero attached hydrogens (tertiary/aromatic N) is 4. The Hall–Kier alpha value is -2.38. The van der Waals surface area contributed by atoms with Gasteiger partial charge in [0.05, 0.1) is 15.2 Å². The minimum atomic E-state index is -0.120. The van der Waals surface area contributed by atoms with Crippen LogP contribution >= 0.6 is 22.9 Å². The van der Waals surface area contributed by atoms with E-state index in [1.165, 1.54) is 16.9 Å². The number of carbonyl (C=O) groups is 1. The predicted molar refractivity (Wildman–Crippen MR) is 111 cm³/mol. The molecule has 1 N–H and O–H groups in total. The maximum absolute atomic E-state index is 12.8. The fraction of sp³-hybridized carbons (Fsp3) is 0.316. The zero-order chi connectivity index (χ0) is 19.0. The number of pyridine rings is 1. The molecular weight excluding hydrogens is 382 g/mol. The van der Waals surface area contributed by atoms with Gasteiger partial charge in [0.2, 0.25) is 0 Å². The van der Waals surface area contributed by atoms with E-state index in [2.05, 4.69) is 26.3 Å². The molecule has 6 nitrogen and oxygen atoms in total. The quantitative estimate of drug-likeness (QED) is 0.691. The third kappa shape index (κ3) is 3.70. The number of piperazine rings is 1. The number of anilines is 2. The standard InChI is InChI=1S/C19H20ClN5OS/c1-12-5-6-15-16(10-12)27-18(22-15)23-19(26)25-9-8-24(11-13(25)2)17-14(20)4-3-7-21-17/h3-7,10,13H,8-9,11H2,1-2H3,(H,22,23,26)/t13-/m1/s1.